The van der Waals surface area contributed by atoms with Gasteiger partial charge in [-0.3, -0.25) is 4.21 Å². The van der Waals surface area contributed by atoms with E-state index in [1.807, 2.05) is 6.92 Å². The fourth-order valence-electron chi connectivity index (χ4n) is 0.817. The van der Waals surface area contributed by atoms with Crippen LogP contribution in [-0.4, -0.2) is 40.0 Å². The number of rotatable bonds is 6. The minimum Gasteiger partial charge on any atom is -0.392 e. The van der Waals surface area contributed by atoms with Crippen LogP contribution in [0, 0.1) is 0 Å². The van der Waals surface area contributed by atoms with Gasteiger partial charge in [0.25, 0.3) is 0 Å². The van der Waals surface area contributed by atoms with Crippen molar-refractivity contribution < 1.29 is 9.32 Å². The van der Waals surface area contributed by atoms with Crippen molar-refractivity contribution in [3.8, 4) is 0 Å². The standard InChI is InChI=1S/C8H19NO2S/c1-7(4-5-12(3)11)9-6-8(2)10/h7-10H,4-6H2,1-3H3/t7?,8-,12?/m1/s1. The molecular weight excluding hydrogens is 174 g/mol. The van der Waals surface area contributed by atoms with E-state index in [0.717, 1.165) is 12.2 Å². The molecular formula is C8H19NO2S. The molecule has 0 radical (unpaired) electrons. The lowest BCUT2D eigenvalue weighted by atomic mass is 10.2. The van der Waals surface area contributed by atoms with E-state index in [4.69, 9.17) is 5.11 Å². The molecule has 3 nitrogen and oxygen atoms in total. The zero-order valence-electron chi connectivity index (χ0n) is 8.04. The van der Waals surface area contributed by atoms with E-state index in [9.17, 15) is 4.21 Å². The average Bonchev–Trinajstić information content (AvgIpc) is 1.96. The smallest absolute Gasteiger partial charge is 0.0636 e. The van der Waals surface area contributed by atoms with Crippen LogP contribution in [0.5, 0.6) is 0 Å². The number of aliphatic hydroxyl groups excluding tert-OH is 1. The van der Waals surface area contributed by atoms with Crippen molar-refractivity contribution in [2.45, 2.75) is 32.4 Å². The van der Waals surface area contributed by atoms with Crippen LogP contribution in [0.2, 0.25) is 0 Å². The molecule has 0 fully saturated rings. The number of nitrogens with one attached hydrogen (secondary N) is 1. The summed E-state index contributed by atoms with van der Waals surface area (Å²) in [5.41, 5.74) is 0. The molecule has 0 spiro atoms. The van der Waals surface area contributed by atoms with E-state index in [2.05, 4.69) is 5.32 Å². The third-order valence-corrected chi connectivity index (χ3v) is 2.41. The van der Waals surface area contributed by atoms with E-state index in [1.54, 1.807) is 13.2 Å². The summed E-state index contributed by atoms with van der Waals surface area (Å²) in [7, 11) is -0.703. The van der Waals surface area contributed by atoms with Crippen molar-refractivity contribution in [3.05, 3.63) is 0 Å². The fraction of sp³-hybridized carbons (Fsp3) is 1.00. The van der Waals surface area contributed by atoms with Crippen molar-refractivity contribution in [2.75, 3.05) is 18.6 Å². The molecule has 74 valence electrons. The van der Waals surface area contributed by atoms with Gasteiger partial charge in [-0.1, -0.05) is 0 Å². The molecule has 0 saturated heterocycles. The molecule has 0 heterocycles. The van der Waals surface area contributed by atoms with Crippen molar-refractivity contribution in [1.29, 1.82) is 0 Å². The molecule has 12 heavy (non-hydrogen) atoms. The molecule has 0 aliphatic heterocycles. The first-order valence-electron chi connectivity index (χ1n) is 4.24. The predicted octanol–water partition coefficient (Wildman–Crippen LogP) is 0.114. The first-order chi connectivity index (χ1) is 5.52. The molecule has 0 aromatic rings. The number of aliphatic hydroxyl groups is 1. The Kier molecular flexibility index (Phi) is 6.61. The van der Waals surface area contributed by atoms with Crippen LogP contribution in [0.25, 0.3) is 0 Å². The van der Waals surface area contributed by atoms with Crippen molar-refractivity contribution in [1.82, 2.24) is 5.32 Å². The molecule has 0 bridgehead atoms. The van der Waals surface area contributed by atoms with Gasteiger partial charge >= 0.3 is 0 Å². The van der Waals surface area contributed by atoms with Gasteiger partial charge in [-0.25, -0.2) is 0 Å². The lowest BCUT2D eigenvalue weighted by Crippen LogP contribution is -2.33. The van der Waals surface area contributed by atoms with E-state index in [1.165, 1.54) is 0 Å². The molecule has 0 aliphatic rings. The largest absolute Gasteiger partial charge is 0.392 e. The molecule has 0 aromatic heterocycles. The molecule has 0 aromatic carbocycles. The Bertz CT molecular complexity index is 139. The molecule has 0 saturated carbocycles. The van der Waals surface area contributed by atoms with Gasteiger partial charge in [-0.2, -0.15) is 0 Å². The van der Waals surface area contributed by atoms with Gasteiger partial charge in [-0.15, -0.1) is 0 Å². The van der Waals surface area contributed by atoms with Gasteiger partial charge in [-0.05, 0) is 20.3 Å². The molecule has 0 amide bonds. The van der Waals surface area contributed by atoms with Crippen molar-refractivity contribution in [3.63, 3.8) is 0 Å². The molecule has 2 unspecified atom stereocenters. The van der Waals surface area contributed by atoms with Gasteiger partial charge in [0.1, 0.15) is 0 Å². The van der Waals surface area contributed by atoms with E-state index < -0.39 is 10.8 Å². The van der Waals surface area contributed by atoms with Gasteiger partial charge in [0.15, 0.2) is 0 Å². The van der Waals surface area contributed by atoms with E-state index >= 15 is 0 Å². The zero-order chi connectivity index (χ0) is 9.56. The summed E-state index contributed by atoms with van der Waals surface area (Å²) in [6.07, 6.45) is 2.30. The summed E-state index contributed by atoms with van der Waals surface area (Å²) in [4.78, 5) is 0. The topological polar surface area (TPSA) is 49.3 Å². The van der Waals surface area contributed by atoms with Crippen LogP contribution in [-0.2, 0) is 10.8 Å². The number of hydrogen-bond acceptors (Lipinski definition) is 3. The van der Waals surface area contributed by atoms with Crippen LogP contribution in [0.1, 0.15) is 20.3 Å². The second-order valence-electron chi connectivity index (χ2n) is 3.22. The first-order valence-corrected chi connectivity index (χ1v) is 5.96. The average molecular weight is 193 g/mol. The van der Waals surface area contributed by atoms with Gasteiger partial charge < -0.3 is 10.4 Å². The molecule has 0 aliphatic carbocycles. The van der Waals surface area contributed by atoms with Crippen LogP contribution in [0.3, 0.4) is 0 Å². The maximum atomic E-state index is 10.7. The van der Waals surface area contributed by atoms with Gasteiger partial charge in [0.05, 0.1) is 6.10 Å². The number of hydrogen-bond donors (Lipinski definition) is 2. The van der Waals surface area contributed by atoms with Crippen LogP contribution < -0.4 is 5.32 Å². The monoisotopic (exact) mass is 193 g/mol. The van der Waals surface area contributed by atoms with E-state index in [-0.39, 0.29) is 6.10 Å². The summed E-state index contributed by atoms with van der Waals surface area (Å²) in [6, 6.07) is 0.337. The maximum Gasteiger partial charge on any atom is 0.0636 e. The second-order valence-corrected chi connectivity index (χ2v) is 4.78. The summed E-state index contributed by atoms with van der Waals surface area (Å²) >= 11 is 0. The summed E-state index contributed by atoms with van der Waals surface area (Å²) in [5, 5.41) is 12.1. The fourth-order valence-corrected chi connectivity index (χ4v) is 1.50. The predicted molar refractivity (Wildman–Crippen MR) is 52.7 cm³/mol. The highest BCUT2D eigenvalue weighted by Crippen LogP contribution is 1.92. The third kappa shape index (κ3) is 8.17. The third-order valence-electron chi connectivity index (χ3n) is 1.60. The van der Waals surface area contributed by atoms with Crippen LogP contribution >= 0.6 is 0 Å². The Morgan fingerprint density at radius 2 is 2.08 bits per heavy atom. The summed E-state index contributed by atoms with van der Waals surface area (Å²) in [6.45, 7) is 4.39. The van der Waals surface area contributed by atoms with Crippen LogP contribution in [0.4, 0.5) is 0 Å². The normalized spacial score (nSPS) is 18.7. The van der Waals surface area contributed by atoms with Gasteiger partial charge in [0, 0.05) is 35.4 Å². The van der Waals surface area contributed by atoms with Crippen molar-refractivity contribution in [2.24, 2.45) is 0 Å². The molecule has 0 rings (SSSR count). The highest BCUT2D eigenvalue weighted by Gasteiger charge is 2.03. The SMILES string of the molecule is CC(CCS(C)=O)NC[C@@H](C)O. The second kappa shape index (κ2) is 6.57. The lowest BCUT2D eigenvalue weighted by Gasteiger charge is -2.13. The first kappa shape index (κ1) is 12.1. The van der Waals surface area contributed by atoms with E-state index in [0.29, 0.717) is 12.6 Å². The highest BCUT2D eigenvalue weighted by molar-refractivity contribution is 7.84. The lowest BCUT2D eigenvalue weighted by molar-refractivity contribution is 0.187. The zero-order valence-corrected chi connectivity index (χ0v) is 8.86. The Morgan fingerprint density at radius 3 is 2.50 bits per heavy atom. The quantitative estimate of drug-likeness (QED) is 0.629. The Balaban J connectivity index is 3.33. The Morgan fingerprint density at radius 1 is 1.50 bits per heavy atom. The summed E-state index contributed by atoms with van der Waals surface area (Å²) in [5.74, 6) is 0.730. The Hall–Kier alpha value is 0.0700. The minimum absolute atomic E-state index is 0.306. The van der Waals surface area contributed by atoms with Crippen LogP contribution in [0.15, 0.2) is 0 Å². The molecule has 4 heteroatoms. The maximum absolute atomic E-state index is 10.7. The minimum atomic E-state index is -0.703. The Labute approximate surface area is 77.0 Å². The highest BCUT2D eigenvalue weighted by atomic mass is 32.2. The molecule has 3 atom stereocenters. The van der Waals surface area contributed by atoms with Gasteiger partial charge in [0.2, 0.25) is 0 Å². The van der Waals surface area contributed by atoms with Crippen molar-refractivity contribution >= 4 is 10.8 Å². The molecule has 2 N–H and O–H groups in total. The summed E-state index contributed by atoms with van der Waals surface area (Å²) < 4.78 is 10.7.